The molecule has 0 atom stereocenters. The first-order chi connectivity index (χ1) is 7.33. The van der Waals surface area contributed by atoms with Crippen molar-refractivity contribution < 1.29 is 0 Å². The zero-order valence-corrected chi connectivity index (χ0v) is 9.64. The van der Waals surface area contributed by atoms with Crippen molar-refractivity contribution in [2.24, 2.45) is 0 Å². The number of aryl methyl sites for hydroxylation is 1. The molecule has 2 heterocycles. The summed E-state index contributed by atoms with van der Waals surface area (Å²) < 4.78 is 0. The molecule has 0 unspecified atom stereocenters. The van der Waals surface area contributed by atoms with Crippen molar-refractivity contribution >= 4 is 17.2 Å². The molecule has 2 aromatic heterocycles. The van der Waals surface area contributed by atoms with Crippen LogP contribution in [0.2, 0.25) is 0 Å². The Balaban J connectivity index is 2.47. The summed E-state index contributed by atoms with van der Waals surface area (Å²) in [5.41, 5.74) is 1.07. The van der Waals surface area contributed by atoms with Crippen LogP contribution in [0.1, 0.15) is 12.6 Å². The summed E-state index contributed by atoms with van der Waals surface area (Å²) in [7, 11) is 1.87. The van der Waals surface area contributed by atoms with Gasteiger partial charge in [0.1, 0.15) is 5.82 Å². The van der Waals surface area contributed by atoms with Crippen LogP contribution in [-0.2, 0) is 6.42 Å². The minimum Gasteiger partial charge on any atom is -0.373 e. The quantitative estimate of drug-likeness (QED) is 0.862. The number of anilines is 1. The first kappa shape index (κ1) is 10.1. The Morgan fingerprint density at radius 3 is 2.87 bits per heavy atom. The SMILES string of the molecule is CCc1cc(NC)nc(-c2cccs2)n1. The average Bonchev–Trinajstić information content (AvgIpc) is 2.81. The van der Waals surface area contributed by atoms with Gasteiger partial charge in [0, 0.05) is 18.8 Å². The molecule has 0 saturated heterocycles. The number of hydrogen-bond donors (Lipinski definition) is 1. The summed E-state index contributed by atoms with van der Waals surface area (Å²) in [5, 5.41) is 5.10. The second-order valence-electron chi connectivity index (χ2n) is 3.15. The number of aromatic nitrogens is 2. The highest BCUT2D eigenvalue weighted by molar-refractivity contribution is 7.13. The van der Waals surface area contributed by atoms with Crippen LogP contribution in [0, 0.1) is 0 Å². The van der Waals surface area contributed by atoms with Gasteiger partial charge in [0.2, 0.25) is 0 Å². The third-order valence-electron chi connectivity index (χ3n) is 2.14. The zero-order chi connectivity index (χ0) is 10.7. The van der Waals surface area contributed by atoms with E-state index in [4.69, 9.17) is 0 Å². The third kappa shape index (κ3) is 2.15. The van der Waals surface area contributed by atoms with E-state index in [9.17, 15) is 0 Å². The van der Waals surface area contributed by atoms with Crippen molar-refractivity contribution in [3.8, 4) is 10.7 Å². The molecular formula is C11H13N3S. The van der Waals surface area contributed by atoms with Crippen LogP contribution in [0.25, 0.3) is 10.7 Å². The van der Waals surface area contributed by atoms with E-state index >= 15 is 0 Å². The van der Waals surface area contributed by atoms with E-state index in [0.29, 0.717) is 0 Å². The topological polar surface area (TPSA) is 37.8 Å². The minimum absolute atomic E-state index is 0.814. The molecule has 0 aliphatic heterocycles. The lowest BCUT2D eigenvalue weighted by atomic mass is 10.3. The average molecular weight is 219 g/mol. The summed E-state index contributed by atoms with van der Waals surface area (Å²) in [6.07, 6.45) is 0.926. The number of nitrogens with zero attached hydrogens (tertiary/aromatic N) is 2. The molecule has 2 aromatic rings. The first-order valence-corrected chi connectivity index (χ1v) is 5.81. The Kier molecular flexibility index (Phi) is 2.97. The summed E-state index contributed by atoms with van der Waals surface area (Å²) >= 11 is 1.66. The van der Waals surface area contributed by atoms with Gasteiger partial charge in [-0.1, -0.05) is 13.0 Å². The second-order valence-corrected chi connectivity index (χ2v) is 4.10. The molecule has 0 bridgehead atoms. The van der Waals surface area contributed by atoms with Gasteiger partial charge in [-0.3, -0.25) is 0 Å². The molecule has 1 N–H and O–H groups in total. The summed E-state index contributed by atoms with van der Waals surface area (Å²) in [6.45, 7) is 2.10. The van der Waals surface area contributed by atoms with Crippen LogP contribution in [0.3, 0.4) is 0 Å². The molecule has 0 saturated carbocycles. The van der Waals surface area contributed by atoms with Crippen molar-refractivity contribution in [1.82, 2.24) is 9.97 Å². The van der Waals surface area contributed by atoms with Crippen molar-refractivity contribution in [3.05, 3.63) is 29.3 Å². The minimum atomic E-state index is 0.814. The van der Waals surface area contributed by atoms with Crippen molar-refractivity contribution in [3.63, 3.8) is 0 Å². The number of hydrogen-bond acceptors (Lipinski definition) is 4. The molecule has 0 aromatic carbocycles. The predicted octanol–water partition coefficient (Wildman–Crippen LogP) is 2.81. The molecule has 3 nitrogen and oxygen atoms in total. The zero-order valence-electron chi connectivity index (χ0n) is 8.82. The van der Waals surface area contributed by atoms with Gasteiger partial charge in [0.15, 0.2) is 5.82 Å². The molecule has 15 heavy (non-hydrogen) atoms. The van der Waals surface area contributed by atoms with Gasteiger partial charge < -0.3 is 5.32 Å². The van der Waals surface area contributed by atoms with Crippen molar-refractivity contribution in [2.75, 3.05) is 12.4 Å². The Hall–Kier alpha value is -1.42. The van der Waals surface area contributed by atoms with E-state index < -0.39 is 0 Å². The molecular weight excluding hydrogens is 206 g/mol. The third-order valence-corrected chi connectivity index (χ3v) is 3.00. The van der Waals surface area contributed by atoms with Gasteiger partial charge in [0.25, 0.3) is 0 Å². The van der Waals surface area contributed by atoms with E-state index in [0.717, 1.165) is 28.6 Å². The lowest BCUT2D eigenvalue weighted by Crippen LogP contribution is -1.99. The van der Waals surface area contributed by atoms with E-state index in [1.165, 1.54) is 0 Å². The monoisotopic (exact) mass is 219 g/mol. The van der Waals surface area contributed by atoms with Crippen molar-refractivity contribution in [1.29, 1.82) is 0 Å². The molecule has 4 heteroatoms. The maximum atomic E-state index is 4.50. The normalized spacial score (nSPS) is 10.3. The first-order valence-electron chi connectivity index (χ1n) is 4.93. The Morgan fingerprint density at radius 1 is 1.40 bits per heavy atom. The predicted molar refractivity (Wildman–Crippen MR) is 64.3 cm³/mol. The Bertz CT molecular complexity index is 415. The van der Waals surface area contributed by atoms with Gasteiger partial charge in [-0.05, 0) is 17.9 Å². The van der Waals surface area contributed by atoms with Gasteiger partial charge in [0.05, 0.1) is 4.88 Å². The Morgan fingerprint density at radius 2 is 2.27 bits per heavy atom. The fourth-order valence-electron chi connectivity index (χ4n) is 1.32. The Labute approximate surface area is 93.2 Å². The van der Waals surface area contributed by atoms with E-state index in [-0.39, 0.29) is 0 Å². The smallest absolute Gasteiger partial charge is 0.171 e. The van der Waals surface area contributed by atoms with Crippen LogP contribution in [0.4, 0.5) is 5.82 Å². The highest BCUT2D eigenvalue weighted by Crippen LogP contribution is 2.22. The van der Waals surface area contributed by atoms with E-state index in [2.05, 4.69) is 22.2 Å². The van der Waals surface area contributed by atoms with Crippen LogP contribution in [-0.4, -0.2) is 17.0 Å². The molecule has 0 fully saturated rings. The molecule has 78 valence electrons. The largest absolute Gasteiger partial charge is 0.373 e. The summed E-state index contributed by atoms with van der Waals surface area (Å²) in [5.74, 6) is 1.69. The van der Waals surface area contributed by atoms with Crippen LogP contribution in [0.15, 0.2) is 23.6 Å². The molecule has 0 amide bonds. The maximum absolute atomic E-state index is 4.50. The fraction of sp³-hybridized carbons (Fsp3) is 0.273. The van der Waals surface area contributed by atoms with Gasteiger partial charge in [-0.2, -0.15) is 0 Å². The molecule has 0 aliphatic rings. The number of rotatable bonds is 3. The summed E-state index contributed by atoms with van der Waals surface area (Å²) in [6, 6.07) is 6.04. The maximum Gasteiger partial charge on any atom is 0.171 e. The number of thiophene rings is 1. The fourth-order valence-corrected chi connectivity index (χ4v) is 1.98. The molecule has 0 radical (unpaired) electrons. The van der Waals surface area contributed by atoms with E-state index in [1.807, 2.05) is 30.6 Å². The van der Waals surface area contributed by atoms with Crippen LogP contribution < -0.4 is 5.32 Å². The molecule has 0 spiro atoms. The van der Waals surface area contributed by atoms with Crippen LogP contribution >= 0.6 is 11.3 Å². The number of nitrogens with one attached hydrogen (secondary N) is 1. The molecule has 2 rings (SSSR count). The highest BCUT2D eigenvalue weighted by Gasteiger charge is 2.05. The van der Waals surface area contributed by atoms with Crippen LogP contribution in [0.5, 0.6) is 0 Å². The highest BCUT2D eigenvalue weighted by atomic mass is 32.1. The second kappa shape index (κ2) is 4.40. The van der Waals surface area contributed by atoms with Crippen molar-refractivity contribution in [2.45, 2.75) is 13.3 Å². The lowest BCUT2D eigenvalue weighted by Gasteiger charge is -2.04. The van der Waals surface area contributed by atoms with Gasteiger partial charge in [-0.25, -0.2) is 9.97 Å². The van der Waals surface area contributed by atoms with E-state index in [1.54, 1.807) is 11.3 Å². The standard InChI is InChI=1S/C11H13N3S/c1-3-8-7-10(12-2)14-11(13-8)9-5-4-6-15-9/h4-7H,3H2,1-2H3,(H,12,13,14). The lowest BCUT2D eigenvalue weighted by molar-refractivity contribution is 1.01. The van der Waals surface area contributed by atoms with Gasteiger partial charge in [-0.15, -0.1) is 11.3 Å². The molecule has 0 aliphatic carbocycles. The van der Waals surface area contributed by atoms with Gasteiger partial charge >= 0.3 is 0 Å². The summed E-state index contributed by atoms with van der Waals surface area (Å²) in [4.78, 5) is 10.0.